The van der Waals surface area contributed by atoms with Crippen LogP contribution in [0.1, 0.15) is 11.1 Å². The molecule has 0 spiro atoms. The Hall–Kier alpha value is -1.37. The van der Waals surface area contributed by atoms with Gasteiger partial charge >= 0.3 is 0 Å². The van der Waals surface area contributed by atoms with Crippen LogP contribution < -0.4 is 0 Å². The molecule has 0 radical (unpaired) electrons. The molecule has 1 aromatic carbocycles. The van der Waals surface area contributed by atoms with Crippen molar-refractivity contribution < 1.29 is 0 Å². The van der Waals surface area contributed by atoms with Crippen LogP contribution in [0.2, 0.25) is 0 Å². The molecular formula is C11H11N. The number of nitrogens with zero attached hydrogens (tertiary/aromatic N) is 1. The molecule has 1 unspecified atom stereocenters. The third-order valence-electron chi connectivity index (χ3n) is 2.02. The minimum Gasteiger partial charge on any atom is -0.286 e. The molecule has 0 N–H and O–H groups in total. The summed E-state index contributed by atoms with van der Waals surface area (Å²) in [4.78, 5) is 4.10. The van der Waals surface area contributed by atoms with E-state index in [0.29, 0.717) is 6.04 Å². The van der Waals surface area contributed by atoms with Crippen molar-refractivity contribution in [3.63, 3.8) is 0 Å². The van der Waals surface area contributed by atoms with Gasteiger partial charge in [-0.25, -0.2) is 0 Å². The molecule has 12 heavy (non-hydrogen) atoms. The quantitative estimate of drug-likeness (QED) is 0.638. The molecule has 1 aliphatic rings. The standard InChI is InChI=1S/C11H11N/c1-2-9-3-5-10(6-4-9)7-11-8-12-11/h2-6,8,11H,1,7H2. The lowest BCUT2D eigenvalue weighted by Gasteiger charge is -1.98. The van der Waals surface area contributed by atoms with Crippen molar-refractivity contribution in [3.8, 4) is 0 Å². The number of aliphatic imine (C=N–C) groups is 1. The highest BCUT2D eigenvalue weighted by Gasteiger charge is 2.12. The summed E-state index contributed by atoms with van der Waals surface area (Å²) in [5.41, 5.74) is 2.53. The Morgan fingerprint density at radius 1 is 1.33 bits per heavy atom. The average molecular weight is 157 g/mol. The van der Waals surface area contributed by atoms with Gasteiger partial charge in [-0.1, -0.05) is 36.9 Å². The number of hydrogen-bond donors (Lipinski definition) is 0. The minimum atomic E-state index is 0.486. The van der Waals surface area contributed by atoms with Crippen molar-refractivity contribution in [2.75, 3.05) is 0 Å². The lowest BCUT2D eigenvalue weighted by atomic mass is 10.1. The van der Waals surface area contributed by atoms with Gasteiger partial charge in [-0.15, -0.1) is 0 Å². The maximum absolute atomic E-state index is 4.10. The molecule has 1 nitrogen and oxygen atoms in total. The lowest BCUT2D eigenvalue weighted by molar-refractivity contribution is 0.966. The van der Waals surface area contributed by atoms with Crippen molar-refractivity contribution in [2.45, 2.75) is 12.5 Å². The summed E-state index contributed by atoms with van der Waals surface area (Å²) < 4.78 is 0. The molecule has 0 fully saturated rings. The second-order valence-corrected chi connectivity index (χ2v) is 3.02. The van der Waals surface area contributed by atoms with Crippen molar-refractivity contribution in [3.05, 3.63) is 42.0 Å². The normalized spacial score (nSPS) is 19.2. The highest BCUT2D eigenvalue weighted by Crippen LogP contribution is 2.12. The SMILES string of the molecule is C=Cc1ccc(CC2C=N2)cc1. The van der Waals surface area contributed by atoms with Crippen LogP contribution in [0.3, 0.4) is 0 Å². The Kier molecular flexibility index (Phi) is 1.78. The molecule has 0 aliphatic carbocycles. The summed E-state index contributed by atoms with van der Waals surface area (Å²) in [6.07, 6.45) is 4.90. The molecule has 0 bridgehead atoms. The van der Waals surface area contributed by atoms with Gasteiger partial charge in [-0.3, -0.25) is 4.99 Å². The van der Waals surface area contributed by atoms with Gasteiger partial charge in [0.25, 0.3) is 0 Å². The van der Waals surface area contributed by atoms with Crippen LogP contribution in [0.15, 0.2) is 35.8 Å². The largest absolute Gasteiger partial charge is 0.286 e. The summed E-state index contributed by atoms with van der Waals surface area (Å²) in [7, 11) is 0. The van der Waals surface area contributed by atoms with E-state index < -0.39 is 0 Å². The van der Waals surface area contributed by atoms with E-state index in [0.717, 1.165) is 6.42 Å². The monoisotopic (exact) mass is 157 g/mol. The van der Waals surface area contributed by atoms with Gasteiger partial charge in [0.2, 0.25) is 0 Å². The molecule has 0 aromatic heterocycles. The van der Waals surface area contributed by atoms with E-state index in [2.05, 4.69) is 35.8 Å². The molecule has 0 saturated carbocycles. The Balaban J connectivity index is 2.07. The first-order valence-electron chi connectivity index (χ1n) is 4.13. The van der Waals surface area contributed by atoms with E-state index in [-0.39, 0.29) is 0 Å². The number of hydrogen-bond acceptors (Lipinski definition) is 1. The fourth-order valence-corrected chi connectivity index (χ4v) is 1.20. The molecule has 1 atom stereocenters. The van der Waals surface area contributed by atoms with Crippen LogP contribution >= 0.6 is 0 Å². The molecule has 1 aromatic rings. The van der Waals surface area contributed by atoms with Crippen LogP contribution in [-0.4, -0.2) is 12.3 Å². The average Bonchev–Trinajstić information content (AvgIpc) is 2.90. The van der Waals surface area contributed by atoms with E-state index in [1.807, 2.05) is 12.3 Å². The van der Waals surface area contributed by atoms with Gasteiger partial charge in [0.05, 0.1) is 6.04 Å². The summed E-state index contributed by atoms with van der Waals surface area (Å²) in [5.74, 6) is 0. The Labute approximate surface area is 72.5 Å². The maximum atomic E-state index is 4.10. The molecule has 1 heteroatoms. The summed E-state index contributed by atoms with van der Waals surface area (Å²) in [6, 6.07) is 8.94. The zero-order chi connectivity index (χ0) is 8.39. The van der Waals surface area contributed by atoms with Gasteiger partial charge < -0.3 is 0 Å². The molecule has 1 aliphatic heterocycles. The molecule has 1 heterocycles. The zero-order valence-electron chi connectivity index (χ0n) is 6.90. The van der Waals surface area contributed by atoms with Crippen molar-refractivity contribution in [1.82, 2.24) is 0 Å². The molecule has 0 amide bonds. The lowest BCUT2D eigenvalue weighted by Crippen LogP contribution is -1.93. The first-order valence-corrected chi connectivity index (χ1v) is 4.13. The van der Waals surface area contributed by atoms with Gasteiger partial charge in [0, 0.05) is 6.21 Å². The third kappa shape index (κ3) is 1.62. The number of rotatable bonds is 3. The Morgan fingerprint density at radius 3 is 2.50 bits per heavy atom. The maximum Gasteiger partial charge on any atom is 0.0883 e. The molecule has 60 valence electrons. The van der Waals surface area contributed by atoms with Gasteiger partial charge in [0.1, 0.15) is 0 Å². The van der Waals surface area contributed by atoms with E-state index in [9.17, 15) is 0 Å². The highest BCUT2D eigenvalue weighted by molar-refractivity contribution is 5.78. The highest BCUT2D eigenvalue weighted by atomic mass is 14.9. The van der Waals surface area contributed by atoms with Crippen molar-refractivity contribution in [1.29, 1.82) is 0 Å². The van der Waals surface area contributed by atoms with E-state index >= 15 is 0 Å². The first-order chi connectivity index (χ1) is 5.88. The molecule has 0 saturated heterocycles. The van der Waals surface area contributed by atoms with Gasteiger partial charge in [0.15, 0.2) is 0 Å². The summed E-state index contributed by atoms with van der Waals surface area (Å²) in [5, 5.41) is 0. The van der Waals surface area contributed by atoms with E-state index in [1.165, 1.54) is 11.1 Å². The van der Waals surface area contributed by atoms with E-state index in [4.69, 9.17) is 0 Å². The summed E-state index contributed by atoms with van der Waals surface area (Å²) in [6.45, 7) is 3.71. The van der Waals surface area contributed by atoms with Crippen LogP contribution in [0.25, 0.3) is 6.08 Å². The second-order valence-electron chi connectivity index (χ2n) is 3.02. The fourth-order valence-electron chi connectivity index (χ4n) is 1.20. The zero-order valence-corrected chi connectivity index (χ0v) is 6.90. The second kappa shape index (κ2) is 2.94. The fraction of sp³-hybridized carbons (Fsp3) is 0.182. The molecular weight excluding hydrogens is 146 g/mol. The van der Waals surface area contributed by atoms with Gasteiger partial charge in [-0.2, -0.15) is 0 Å². The van der Waals surface area contributed by atoms with Crippen molar-refractivity contribution >= 4 is 12.3 Å². The Morgan fingerprint density at radius 2 is 2.00 bits per heavy atom. The van der Waals surface area contributed by atoms with Gasteiger partial charge in [-0.05, 0) is 17.5 Å². The van der Waals surface area contributed by atoms with Crippen LogP contribution in [-0.2, 0) is 6.42 Å². The molecule has 2 rings (SSSR count). The Bertz CT molecular complexity index is 302. The first kappa shape index (κ1) is 7.29. The van der Waals surface area contributed by atoms with Crippen LogP contribution in [0, 0.1) is 0 Å². The van der Waals surface area contributed by atoms with Crippen LogP contribution in [0.5, 0.6) is 0 Å². The van der Waals surface area contributed by atoms with Crippen LogP contribution in [0.4, 0.5) is 0 Å². The number of benzene rings is 1. The van der Waals surface area contributed by atoms with Crippen molar-refractivity contribution in [2.24, 2.45) is 4.99 Å². The topological polar surface area (TPSA) is 12.4 Å². The predicted octanol–water partition coefficient (Wildman–Crippen LogP) is 2.33. The summed E-state index contributed by atoms with van der Waals surface area (Å²) >= 11 is 0. The third-order valence-corrected chi connectivity index (χ3v) is 2.02. The minimum absolute atomic E-state index is 0.486. The predicted molar refractivity (Wildman–Crippen MR) is 52.5 cm³/mol. The smallest absolute Gasteiger partial charge is 0.0883 e. The van der Waals surface area contributed by atoms with E-state index in [1.54, 1.807) is 0 Å².